The number of hydrogen-bond donors (Lipinski definition) is 2. The van der Waals surface area contributed by atoms with Crippen molar-refractivity contribution in [2.24, 2.45) is 5.92 Å². The van der Waals surface area contributed by atoms with Crippen LogP contribution in [-0.2, 0) is 15.1 Å². The lowest BCUT2D eigenvalue weighted by molar-refractivity contribution is -0.130. The van der Waals surface area contributed by atoms with Crippen LogP contribution in [0.1, 0.15) is 43.1 Å². The maximum Gasteiger partial charge on any atom is 0.325 e. The maximum atomic E-state index is 13.0. The van der Waals surface area contributed by atoms with Gasteiger partial charge >= 0.3 is 6.03 Å². The summed E-state index contributed by atoms with van der Waals surface area (Å²) in [5.41, 5.74) is 0.238. The highest BCUT2D eigenvalue weighted by Gasteiger charge is 2.49. The molecule has 2 aromatic carbocycles. The lowest BCUT2D eigenvalue weighted by atomic mass is 9.92. The standard InChI is InChI=1S/C24H27N3O5/c1-15(2)13-21(29)25-18-9-5-16(6-10-18)20(28)14-27-22(30)24(3,26-23(27)31)17-7-11-19(32-4)12-8-17/h5-12,15H,13-14H2,1-4H3,(H,25,29)(H,26,31)/t24-/m0/s1. The van der Waals surface area contributed by atoms with Gasteiger partial charge in [-0.15, -0.1) is 0 Å². The number of rotatable bonds is 8. The Bertz CT molecular complexity index is 1030. The minimum atomic E-state index is -1.27. The normalized spacial score (nSPS) is 18.0. The van der Waals surface area contributed by atoms with Gasteiger partial charge < -0.3 is 15.4 Å². The number of benzene rings is 2. The van der Waals surface area contributed by atoms with Crippen molar-refractivity contribution in [1.29, 1.82) is 0 Å². The van der Waals surface area contributed by atoms with Crippen molar-refractivity contribution in [2.45, 2.75) is 32.7 Å². The fourth-order valence-corrected chi connectivity index (χ4v) is 3.52. The van der Waals surface area contributed by atoms with Gasteiger partial charge in [-0.25, -0.2) is 4.79 Å². The molecule has 1 aliphatic rings. The molecule has 8 heteroatoms. The maximum absolute atomic E-state index is 13.0. The fourth-order valence-electron chi connectivity index (χ4n) is 3.52. The SMILES string of the molecule is COc1ccc([C@]2(C)NC(=O)N(CC(=O)c3ccc(NC(=O)CC(C)C)cc3)C2=O)cc1. The van der Waals surface area contributed by atoms with Crippen LogP contribution in [0.15, 0.2) is 48.5 Å². The van der Waals surface area contributed by atoms with Gasteiger partial charge in [-0.2, -0.15) is 0 Å². The van der Waals surface area contributed by atoms with Crippen molar-refractivity contribution in [3.63, 3.8) is 0 Å². The van der Waals surface area contributed by atoms with Gasteiger partial charge in [0.2, 0.25) is 5.91 Å². The summed E-state index contributed by atoms with van der Waals surface area (Å²) in [6.07, 6.45) is 0.403. The minimum Gasteiger partial charge on any atom is -0.497 e. The van der Waals surface area contributed by atoms with E-state index in [0.29, 0.717) is 29.0 Å². The van der Waals surface area contributed by atoms with Gasteiger partial charge in [0, 0.05) is 17.7 Å². The topological polar surface area (TPSA) is 105 Å². The molecule has 1 aliphatic heterocycles. The Kier molecular flexibility index (Phi) is 6.62. The van der Waals surface area contributed by atoms with Gasteiger partial charge in [-0.3, -0.25) is 19.3 Å². The molecule has 8 nitrogen and oxygen atoms in total. The van der Waals surface area contributed by atoms with Crippen LogP contribution < -0.4 is 15.4 Å². The first-order chi connectivity index (χ1) is 15.1. The first kappa shape index (κ1) is 23.0. The molecule has 32 heavy (non-hydrogen) atoms. The molecule has 0 radical (unpaired) electrons. The number of nitrogens with one attached hydrogen (secondary N) is 2. The molecule has 0 aromatic heterocycles. The molecular weight excluding hydrogens is 410 g/mol. The predicted octanol–water partition coefficient (Wildman–Crippen LogP) is 3.33. The first-order valence-electron chi connectivity index (χ1n) is 10.4. The Balaban J connectivity index is 1.68. The number of Topliss-reactive ketones (excluding diaryl/α,β-unsaturated/α-hetero) is 1. The number of nitrogens with zero attached hydrogens (tertiary/aromatic N) is 1. The zero-order chi connectivity index (χ0) is 23.5. The number of carbonyl (C=O) groups is 4. The van der Waals surface area contributed by atoms with Crippen LogP contribution in [0.4, 0.5) is 10.5 Å². The lowest BCUT2D eigenvalue weighted by Crippen LogP contribution is -2.41. The molecule has 0 spiro atoms. The summed E-state index contributed by atoms with van der Waals surface area (Å²) < 4.78 is 5.13. The van der Waals surface area contributed by atoms with Crippen LogP contribution in [0.5, 0.6) is 5.75 Å². The average molecular weight is 437 g/mol. The summed E-state index contributed by atoms with van der Waals surface area (Å²) in [5, 5.41) is 5.46. The molecule has 4 amide bonds. The van der Waals surface area contributed by atoms with Crippen LogP contribution in [0, 0.1) is 5.92 Å². The molecule has 1 fully saturated rings. The molecule has 0 unspecified atom stereocenters. The van der Waals surface area contributed by atoms with Gasteiger partial charge in [-0.05, 0) is 54.8 Å². The van der Waals surface area contributed by atoms with E-state index in [-0.39, 0.29) is 24.2 Å². The zero-order valence-electron chi connectivity index (χ0n) is 18.6. The Labute approximate surface area is 186 Å². The third kappa shape index (κ3) is 4.80. The van der Waals surface area contributed by atoms with Crippen molar-refractivity contribution < 1.29 is 23.9 Å². The van der Waals surface area contributed by atoms with Crippen molar-refractivity contribution in [2.75, 3.05) is 19.0 Å². The summed E-state index contributed by atoms with van der Waals surface area (Å²) in [7, 11) is 1.54. The number of amides is 4. The van der Waals surface area contributed by atoms with Crippen molar-refractivity contribution in [1.82, 2.24) is 10.2 Å². The number of carbonyl (C=O) groups excluding carboxylic acids is 4. The molecule has 1 saturated heterocycles. The fraction of sp³-hybridized carbons (Fsp3) is 0.333. The zero-order valence-corrected chi connectivity index (χ0v) is 18.6. The van der Waals surface area contributed by atoms with E-state index in [0.717, 1.165) is 4.90 Å². The molecule has 0 aliphatic carbocycles. The van der Waals surface area contributed by atoms with E-state index in [1.54, 1.807) is 62.6 Å². The van der Waals surface area contributed by atoms with E-state index in [9.17, 15) is 19.2 Å². The predicted molar refractivity (Wildman–Crippen MR) is 119 cm³/mol. The van der Waals surface area contributed by atoms with Gasteiger partial charge in [0.15, 0.2) is 5.78 Å². The van der Waals surface area contributed by atoms with Gasteiger partial charge in [0.05, 0.1) is 13.7 Å². The van der Waals surface area contributed by atoms with E-state index in [2.05, 4.69) is 10.6 Å². The Hall–Kier alpha value is -3.68. The van der Waals surface area contributed by atoms with Crippen LogP contribution >= 0.6 is 0 Å². The second-order valence-electron chi connectivity index (χ2n) is 8.32. The average Bonchev–Trinajstić information content (AvgIpc) is 2.97. The highest BCUT2D eigenvalue weighted by Crippen LogP contribution is 2.30. The minimum absolute atomic E-state index is 0.101. The first-order valence-corrected chi connectivity index (χ1v) is 10.4. The second-order valence-corrected chi connectivity index (χ2v) is 8.32. The number of methoxy groups -OCH3 is 1. The summed E-state index contributed by atoms with van der Waals surface area (Å²) in [4.78, 5) is 51.1. The van der Waals surface area contributed by atoms with E-state index >= 15 is 0 Å². The van der Waals surface area contributed by atoms with E-state index < -0.39 is 17.5 Å². The number of hydrogen-bond acceptors (Lipinski definition) is 5. The van der Waals surface area contributed by atoms with Gasteiger partial charge in [0.25, 0.3) is 5.91 Å². The summed E-state index contributed by atoms with van der Waals surface area (Å²) in [6.45, 7) is 5.14. The van der Waals surface area contributed by atoms with E-state index in [1.165, 1.54) is 0 Å². The van der Waals surface area contributed by atoms with Crippen LogP contribution in [-0.4, -0.2) is 42.2 Å². The molecule has 2 aromatic rings. The quantitative estimate of drug-likeness (QED) is 0.487. The van der Waals surface area contributed by atoms with Crippen LogP contribution in [0.2, 0.25) is 0 Å². The highest BCUT2D eigenvalue weighted by atomic mass is 16.5. The van der Waals surface area contributed by atoms with E-state index in [4.69, 9.17) is 4.74 Å². The Morgan fingerprint density at radius 2 is 1.69 bits per heavy atom. The number of anilines is 1. The Morgan fingerprint density at radius 1 is 1.06 bits per heavy atom. The summed E-state index contributed by atoms with van der Waals surface area (Å²) in [5.74, 6) is -0.115. The summed E-state index contributed by atoms with van der Waals surface area (Å²) >= 11 is 0. The third-order valence-electron chi connectivity index (χ3n) is 5.33. The number of imide groups is 1. The molecule has 0 bridgehead atoms. The van der Waals surface area contributed by atoms with Crippen LogP contribution in [0.3, 0.4) is 0 Å². The van der Waals surface area contributed by atoms with Crippen molar-refractivity contribution >= 4 is 29.3 Å². The molecular formula is C24H27N3O5. The Morgan fingerprint density at radius 3 is 2.25 bits per heavy atom. The second kappa shape index (κ2) is 9.21. The van der Waals surface area contributed by atoms with Crippen LogP contribution in [0.25, 0.3) is 0 Å². The third-order valence-corrected chi connectivity index (χ3v) is 5.33. The largest absolute Gasteiger partial charge is 0.497 e. The monoisotopic (exact) mass is 437 g/mol. The van der Waals surface area contributed by atoms with Crippen molar-refractivity contribution in [3.8, 4) is 5.75 Å². The smallest absolute Gasteiger partial charge is 0.325 e. The lowest BCUT2D eigenvalue weighted by Gasteiger charge is -2.22. The van der Waals surface area contributed by atoms with Crippen molar-refractivity contribution in [3.05, 3.63) is 59.7 Å². The molecule has 2 N–H and O–H groups in total. The van der Waals surface area contributed by atoms with E-state index in [1.807, 2.05) is 13.8 Å². The highest BCUT2D eigenvalue weighted by molar-refractivity contribution is 6.11. The molecule has 168 valence electrons. The number of ether oxygens (including phenoxy) is 1. The molecule has 0 saturated carbocycles. The molecule has 3 rings (SSSR count). The summed E-state index contributed by atoms with van der Waals surface area (Å²) in [6, 6.07) is 12.6. The van der Waals surface area contributed by atoms with Gasteiger partial charge in [-0.1, -0.05) is 26.0 Å². The number of ketones is 1. The molecule has 1 atom stereocenters. The number of urea groups is 1. The van der Waals surface area contributed by atoms with Gasteiger partial charge in [0.1, 0.15) is 11.3 Å². The molecule has 1 heterocycles.